The Bertz CT molecular complexity index is 889. The van der Waals surface area contributed by atoms with E-state index in [-0.39, 0.29) is 5.91 Å². The summed E-state index contributed by atoms with van der Waals surface area (Å²) >= 11 is 0. The van der Waals surface area contributed by atoms with Gasteiger partial charge >= 0.3 is 5.97 Å². The van der Waals surface area contributed by atoms with Gasteiger partial charge in [-0.1, -0.05) is 6.92 Å². The van der Waals surface area contributed by atoms with E-state index in [1.807, 2.05) is 20.8 Å². The van der Waals surface area contributed by atoms with Crippen molar-refractivity contribution < 1.29 is 23.8 Å². The van der Waals surface area contributed by atoms with E-state index in [2.05, 4.69) is 4.98 Å². The minimum Gasteiger partial charge on any atom is -0.488 e. The van der Waals surface area contributed by atoms with Crippen molar-refractivity contribution in [3.63, 3.8) is 0 Å². The van der Waals surface area contributed by atoms with Crippen molar-refractivity contribution in [1.29, 1.82) is 0 Å². The van der Waals surface area contributed by atoms with Crippen molar-refractivity contribution >= 4 is 11.9 Å². The summed E-state index contributed by atoms with van der Waals surface area (Å²) in [5.41, 5.74) is 0.311. The summed E-state index contributed by atoms with van der Waals surface area (Å²) in [5.74, 6) is 0.815. The molecule has 0 spiro atoms. The lowest BCUT2D eigenvalue weighted by Crippen LogP contribution is -2.42. The lowest BCUT2D eigenvalue weighted by atomic mass is 10.1. The molecule has 0 saturated carbocycles. The lowest BCUT2D eigenvalue weighted by molar-refractivity contribution is 0.0596. The van der Waals surface area contributed by atoms with Crippen LogP contribution in [-0.4, -0.2) is 47.6 Å². The molecule has 0 radical (unpaired) electrons. The minimum atomic E-state index is -0.483. The van der Waals surface area contributed by atoms with Crippen LogP contribution in [0.3, 0.4) is 0 Å². The van der Waals surface area contributed by atoms with Crippen LogP contribution in [-0.2, 0) is 4.74 Å². The van der Waals surface area contributed by atoms with E-state index in [0.717, 1.165) is 25.9 Å². The van der Waals surface area contributed by atoms with E-state index < -0.39 is 11.6 Å². The molecule has 0 atom stereocenters. The first-order chi connectivity index (χ1) is 13.8. The number of esters is 1. The van der Waals surface area contributed by atoms with Gasteiger partial charge in [0.2, 0.25) is 0 Å². The molecule has 1 saturated heterocycles. The normalized spacial score (nSPS) is 13.4. The van der Waals surface area contributed by atoms with Crippen LogP contribution < -0.4 is 9.47 Å². The summed E-state index contributed by atoms with van der Waals surface area (Å²) in [4.78, 5) is 30.2. The molecule has 1 aromatic heterocycles. The molecule has 1 aromatic carbocycles. The zero-order chi connectivity index (χ0) is 21.0. The second-order valence-corrected chi connectivity index (χ2v) is 7.53. The van der Waals surface area contributed by atoms with Crippen molar-refractivity contribution in [2.75, 3.05) is 20.2 Å². The summed E-state index contributed by atoms with van der Waals surface area (Å²) < 4.78 is 16.7. The molecule has 0 bridgehead atoms. The molecule has 2 heterocycles. The van der Waals surface area contributed by atoms with Crippen LogP contribution in [0.5, 0.6) is 17.2 Å². The molecule has 7 nitrogen and oxygen atoms in total. The van der Waals surface area contributed by atoms with Crippen molar-refractivity contribution in [2.24, 2.45) is 0 Å². The smallest absolute Gasteiger partial charge is 0.338 e. The number of aromatic nitrogens is 1. The molecule has 1 fully saturated rings. The van der Waals surface area contributed by atoms with Crippen LogP contribution in [0.4, 0.5) is 0 Å². The van der Waals surface area contributed by atoms with Gasteiger partial charge < -0.3 is 19.1 Å². The van der Waals surface area contributed by atoms with Gasteiger partial charge in [0.25, 0.3) is 5.91 Å². The molecule has 7 heteroatoms. The number of methoxy groups -OCH3 is 1. The maximum atomic E-state index is 12.2. The molecule has 29 heavy (non-hydrogen) atoms. The number of nitrogens with zero attached hydrogens (tertiary/aromatic N) is 2. The van der Waals surface area contributed by atoms with Crippen LogP contribution in [0.2, 0.25) is 0 Å². The molecule has 0 aliphatic carbocycles. The molecule has 1 aliphatic heterocycles. The molecular weight excluding hydrogens is 372 g/mol. The fraction of sp³-hybridized carbons (Fsp3) is 0.409. The highest BCUT2D eigenvalue weighted by Gasteiger charge is 2.23. The number of amides is 1. The number of benzene rings is 1. The van der Waals surface area contributed by atoms with Crippen molar-refractivity contribution in [3.05, 3.63) is 47.8 Å². The largest absolute Gasteiger partial charge is 0.488 e. The van der Waals surface area contributed by atoms with Crippen molar-refractivity contribution in [2.45, 2.75) is 39.2 Å². The third-order valence-electron chi connectivity index (χ3n) is 4.88. The maximum absolute atomic E-state index is 12.2. The van der Waals surface area contributed by atoms with Gasteiger partial charge in [0.15, 0.2) is 0 Å². The first kappa shape index (κ1) is 20.6. The number of carbonyl (C=O) groups is 2. The van der Waals surface area contributed by atoms with E-state index in [1.54, 1.807) is 35.2 Å². The average Bonchev–Trinajstić information content (AvgIpc) is 2.66. The standard InChI is InChI=1S/C22H26N2O5/c1-5-22(2,3)29-18-12-15(21(26)27-4)11-17(13-18)28-16-7-8-19(23-14-16)20(25)24-9-6-10-24/h7-8,11-14H,5-6,9-10H2,1-4H3. The van der Waals surface area contributed by atoms with E-state index in [9.17, 15) is 9.59 Å². The minimum absolute atomic E-state index is 0.0760. The number of hydrogen-bond acceptors (Lipinski definition) is 6. The van der Waals surface area contributed by atoms with Crippen molar-refractivity contribution in [1.82, 2.24) is 9.88 Å². The molecule has 0 unspecified atom stereocenters. The van der Waals surface area contributed by atoms with Crippen LogP contribution in [0.1, 0.15) is 54.5 Å². The monoisotopic (exact) mass is 398 g/mol. The van der Waals surface area contributed by atoms with Gasteiger partial charge in [-0.2, -0.15) is 0 Å². The highest BCUT2D eigenvalue weighted by atomic mass is 16.5. The van der Waals surface area contributed by atoms with Crippen LogP contribution in [0, 0.1) is 0 Å². The Balaban J connectivity index is 1.81. The Kier molecular flexibility index (Phi) is 6.06. The summed E-state index contributed by atoms with van der Waals surface area (Å²) in [6, 6.07) is 8.24. The molecule has 2 aromatic rings. The third kappa shape index (κ3) is 5.04. The molecule has 0 N–H and O–H groups in total. The summed E-state index contributed by atoms with van der Waals surface area (Å²) in [6.07, 6.45) is 3.32. The lowest BCUT2D eigenvalue weighted by Gasteiger charge is -2.30. The Morgan fingerprint density at radius 3 is 2.38 bits per heavy atom. The zero-order valence-corrected chi connectivity index (χ0v) is 17.2. The van der Waals surface area contributed by atoms with E-state index >= 15 is 0 Å². The average molecular weight is 398 g/mol. The van der Waals surface area contributed by atoms with Gasteiger partial charge in [-0.25, -0.2) is 9.78 Å². The summed E-state index contributed by atoms with van der Waals surface area (Å²) in [5, 5.41) is 0. The first-order valence-electron chi connectivity index (χ1n) is 9.67. The van der Waals surface area contributed by atoms with Gasteiger partial charge in [-0.05, 0) is 51.0 Å². The van der Waals surface area contributed by atoms with E-state index in [1.165, 1.54) is 13.3 Å². The predicted molar refractivity (Wildman–Crippen MR) is 108 cm³/mol. The molecular formula is C22H26N2O5. The van der Waals surface area contributed by atoms with E-state index in [4.69, 9.17) is 14.2 Å². The predicted octanol–water partition coefficient (Wildman–Crippen LogP) is 4.07. The second-order valence-electron chi connectivity index (χ2n) is 7.53. The number of ether oxygens (including phenoxy) is 3. The molecule has 1 amide bonds. The van der Waals surface area contributed by atoms with Gasteiger partial charge in [0.05, 0.1) is 18.9 Å². The van der Waals surface area contributed by atoms with Gasteiger partial charge in [-0.15, -0.1) is 0 Å². The molecule has 1 aliphatic rings. The number of likely N-dealkylation sites (tertiary alicyclic amines) is 1. The fourth-order valence-corrected chi connectivity index (χ4v) is 2.70. The first-order valence-corrected chi connectivity index (χ1v) is 9.67. The number of carbonyl (C=O) groups excluding carboxylic acids is 2. The molecule has 154 valence electrons. The van der Waals surface area contributed by atoms with Gasteiger partial charge in [-0.3, -0.25) is 4.79 Å². The quantitative estimate of drug-likeness (QED) is 0.654. The number of pyridine rings is 1. The Labute approximate surface area is 170 Å². The summed E-state index contributed by atoms with van der Waals surface area (Å²) in [6.45, 7) is 7.51. The Morgan fingerprint density at radius 1 is 1.10 bits per heavy atom. The SMILES string of the molecule is CCC(C)(C)Oc1cc(Oc2ccc(C(=O)N3CCC3)nc2)cc(C(=O)OC)c1. The van der Waals surface area contributed by atoms with Crippen LogP contribution in [0.25, 0.3) is 0 Å². The zero-order valence-electron chi connectivity index (χ0n) is 17.2. The maximum Gasteiger partial charge on any atom is 0.338 e. The van der Waals surface area contributed by atoms with Gasteiger partial charge in [0.1, 0.15) is 28.5 Å². The van der Waals surface area contributed by atoms with Crippen LogP contribution in [0.15, 0.2) is 36.5 Å². The third-order valence-corrected chi connectivity index (χ3v) is 4.88. The van der Waals surface area contributed by atoms with E-state index in [0.29, 0.717) is 28.5 Å². The molecule has 3 rings (SSSR count). The number of rotatable bonds is 7. The van der Waals surface area contributed by atoms with Crippen molar-refractivity contribution in [3.8, 4) is 17.2 Å². The van der Waals surface area contributed by atoms with Gasteiger partial charge in [0, 0.05) is 19.2 Å². The topological polar surface area (TPSA) is 78.0 Å². The highest BCUT2D eigenvalue weighted by Crippen LogP contribution is 2.30. The Hall–Kier alpha value is -3.09. The fourth-order valence-electron chi connectivity index (χ4n) is 2.70. The highest BCUT2D eigenvalue weighted by molar-refractivity contribution is 5.92. The van der Waals surface area contributed by atoms with Crippen LogP contribution >= 0.6 is 0 Å². The summed E-state index contributed by atoms with van der Waals surface area (Å²) in [7, 11) is 1.32. The second kappa shape index (κ2) is 8.51. The number of hydrogen-bond donors (Lipinski definition) is 0. The Morgan fingerprint density at radius 2 is 1.83 bits per heavy atom.